The van der Waals surface area contributed by atoms with Crippen LogP contribution in [0.4, 0.5) is 0 Å². The lowest BCUT2D eigenvalue weighted by molar-refractivity contribution is 0.671. The van der Waals surface area contributed by atoms with E-state index in [1.165, 1.54) is 0 Å². The fraction of sp³-hybridized carbons (Fsp3) is 0. The Hall–Kier alpha value is -4.03. The minimum absolute atomic E-state index is 0.371. The van der Waals surface area contributed by atoms with Gasteiger partial charge in [0.2, 0.25) is 0 Å². The fourth-order valence-electron chi connectivity index (χ4n) is 3.96. The number of allylic oxidation sites excluding steroid dienone is 4. The number of furan rings is 1. The molecule has 0 N–H and O–H groups in total. The van der Waals surface area contributed by atoms with E-state index in [0.29, 0.717) is 11.3 Å². The monoisotopic (exact) mass is 360 g/mol. The molecule has 2 heterocycles. The van der Waals surface area contributed by atoms with Crippen LogP contribution in [-0.4, -0.2) is 4.57 Å². The van der Waals surface area contributed by atoms with Crippen LogP contribution in [0.3, 0.4) is 0 Å². The summed E-state index contributed by atoms with van der Waals surface area (Å²) < 4.78 is 8.35. The van der Waals surface area contributed by atoms with Gasteiger partial charge in [-0.3, -0.25) is 0 Å². The molecule has 0 fully saturated rings. The molecule has 0 atom stereocenters. The van der Waals surface area contributed by atoms with Crippen molar-refractivity contribution in [3.05, 3.63) is 91.5 Å². The number of fused-ring (bicyclic) bond motifs is 7. The molecule has 0 aliphatic rings. The van der Waals surface area contributed by atoms with Gasteiger partial charge in [-0.1, -0.05) is 61.7 Å². The van der Waals surface area contributed by atoms with E-state index in [9.17, 15) is 5.26 Å². The van der Waals surface area contributed by atoms with Gasteiger partial charge >= 0.3 is 0 Å². The van der Waals surface area contributed by atoms with Gasteiger partial charge in [-0.15, -0.1) is 0 Å². The topological polar surface area (TPSA) is 41.9 Å². The average molecular weight is 360 g/mol. The second-order valence-corrected chi connectivity index (χ2v) is 6.67. The highest BCUT2D eigenvalue weighted by molar-refractivity contribution is 6.22. The Balaban J connectivity index is 2.07. The molecule has 0 spiro atoms. The Morgan fingerprint density at radius 1 is 0.929 bits per heavy atom. The second kappa shape index (κ2) is 6.00. The molecular weight excluding hydrogens is 344 g/mol. The van der Waals surface area contributed by atoms with E-state index in [2.05, 4.69) is 48.1 Å². The normalized spacial score (nSPS) is 12.0. The number of rotatable bonds is 3. The van der Waals surface area contributed by atoms with Crippen molar-refractivity contribution in [3.8, 4) is 6.07 Å². The Bertz CT molecular complexity index is 1500. The van der Waals surface area contributed by atoms with Crippen LogP contribution < -0.4 is 0 Å². The smallest absolute Gasteiger partial charge is 0.160 e. The van der Waals surface area contributed by atoms with Crippen LogP contribution in [0.25, 0.3) is 49.4 Å². The summed E-state index contributed by atoms with van der Waals surface area (Å²) in [6, 6.07) is 22.6. The summed E-state index contributed by atoms with van der Waals surface area (Å²) in [7, 11) is 0. The van der Waals surface area contributed by atoms with Crippen LogP contribution >= 0.6 is 0 Å². The van der Waals surface area contributed by atoms with Crippen molar-refractivity contribution < 1.29 is 4.42 Å². The van der Waals surface area contributed by atoms with Crippen LogP contribution in [0.1, 0.15) is 0 Å². The van der Waals surface area contributed by atoms with Crippen molar-refractivity contribution >= 4 is 49.4 Å². The summed E-state index contributed by atoms with van der Waals surface area (Å²) in [5, 5.41) is 13.8. The molecule has 3 nitrogen and oxygen atoms in total. The Labute approximate surface area is 161 Å². The average Bonchev–Trinajstić information content (AvgIpc) is 3.27. The first kappa shape index (κ1) is 16.2. The molecule has 0 aliphatic carbocycles. The van der Waals surface area contributed by atoms with Gasteiger partial charge in [-0.2, -0.15) is 5.26 Å². The molecule has 5 rings (SSSR count). The lowest BCUT2D eigenvalue weighted by Gasteiger charge is -2.10. The molecule has 3 aromatic carbocycles. The van der Waals surface area contributed by atoms with Gasteiger partial charge in [0.25, 0.3) is 0 Å². The molecule has 5 aromatic rings. The van der Waals surface area contributed by atoms with E-state index >= 15 is 0 Å². The third kappa shape index (κ3) is 2.09. The Morgan fingerprint density at radius 3 is 2.43 bits per heavy atom. The number of nitrogens with zero attached hydrogens (tertiary/aromatic N) is 2. The minimum Gasteiger partial charge on any atom is -0.454 e. The molecule has 0 aliphatic heterocycles. The number of hydrogen-bond donors (Lipinski definition) is 0. The minimum atomic E-state index is 0.371. The number of aromatic nitrogens is 1. The van der Waals surface area contributed by atoms with Crippen LogP contribution in [0.5, 0.6) is 0 Å². The molecule has 0 bridgehead atoms. The molecular formula is C25H16N2O. The van der Waals surface area contributed by atoms with Crippen molar-refractivity contribution in [1.29, 1.82) is 5.26 Å². The molecule has 3 heteroatoms. The van der Waals surface area contributed by atoms with E-state index in [1.807, 2.05) is 42.5 Å². The first-order valence-electron chi connectivity index (χ1n) is 9.00. The first-order valence-corrected chi connectivity index (χ1v) is 9.00. The highest BCUT2D eigenvalue weighted by atomic mass is 16.3. The van der Waals surface area contributed by atoms with Gasteiger partial charge in [0, 0.05) is 21.5 Å². The predicted octanol–water partition coefficient (Wildman–Crippen LogP) is 6.80. The maximum absolute atomic E-state index is 9.54. The molecule has 0 radical (unpaired) electrons. The SMILES string of the molecule is C=C/C=C(\C(=C)C#N)n1c2ccccc2c2ccc3c4ccccc4oc3c21. The third-order valence-corrected chi connectivity index (χ3v) is 5.14. The predicted molar refractivity (Wildman–Crippen MR) is 116 cm³/mol. The van der Waals surface area contributed by atoms with Gasteiger partial charge in [0.05, 0.1) is 22.3 Å². The summed E-state index contributed by atoms with van der Waals surface area (Å²) >= 11 is 0. The summed E-state index contributed by atoms with van der Waals surface area (Å²) in [5.74, 6) is 0. The van der Waals surface area contributed by atoms with Crippen LogP contribution in [0.2, 0.25) is 0 Å². The Morgan fingerprint density at radius 2 is 1.64 bits per heavy atom. The number of nitriles is 1. The third-order valence-electron chi connectivity index (χ3n) is 5.14. The first-order chi connectivity index (χ1) is 13.7. The number of benzene rings is 3. The molecule has 28 heavy (non-hydrogen) atoms. The number of hydrogen-bond acceptors (Lipinski definition) is 2. The van der Waals surface area contributed by atoms with Crippen LogP contribution in [0, 0.1) is 11.3 Å². The zero-order chi connectivity index (χ0) is 19.3. The van der Waals surface area contributed by atoms with Gasteiger partial charge in [0.1, 0.15) is 11.7 Å². The summed E-state index contributed by atoms with van der Waals surface area (Å²) in [4.78, 5) is 0. The van der Waals surface area contributed by atoms with Gasteiger partial charge < -0.3 is 8.98 Å². The van der Waals surface area contributed by atoms with Crippen molar-refractivity contribution in [1.82, 2.24) is 4.57 Å². The summed E-state index contributed by atoms with van der Waals surface area (Å²) in [6.07, 6.45) is 3.50. The fourth-order valence-corrected chi connectivity index (χ4v) is 3.96. The van der Waals surface area contributed by atoms with Crippen molar-refractivity contribution in [2.24, 2.45) is 0 Å². The highest BCUT2D eigenvalue weighted by Gasteiger charge is 2.20. The highest BCUT2D eigenvalue weighted by Crippen LogP contribution is 2.40. The summed E-state index contributed by atoms with van der Waals surface area (Å²) in [6.45, 7) is 7.78. The number of para-hydroxylation sites is 2. The standard InChI is InChI=1S/C25H16N2O/c1-3-8-21(16(2)15-26)27-22-11-6-4-9-17(22)19-13-14-20-18-10-5-7-12-23(18)28-25(20)24(19)27/h3-14H,1-2H2/b21-8+. The quantitative estimate of drug-likeness (QED) is 0.262. The zero-order valence-electron chi connectivity index (χ0n) is 15.1. The molecule has 0 saturated heterocycles. The summed E-state index contributed by atoms with van der Waals surface area (Å²) in [5.41, 5.74) is 4.63. The van der Waals surface area contributed by atoms with E-state index in [4.69, 9.17) is 4.42 Å². The van der Waals surface area contributed by atoms with E-state index in [1.54, 1.807) is 6.08 Å². The van der Waals surface area contributed by atoms with E-state index < -0.39 is 0 Å². The molecule has 132 valence electrons. The van der Waals surface area contributed by atoms with E-state index in [0.717, 1.165) is 43.7 Å². The van der Waals surface area contributed by atoms with Crippen molar-refractivity contribution in [2.75, 3.05) is 0 Å². The lowest BCUT2D eigenvalue weighted by atomic mass is 10.1. The molecule has 0 unspecified atom stereocenters. The van der Waals surface area contributed by atoms with Crippen molar-refractivity contribution in [3.63, 3.8) is 0 Å². The van der Waals surface area contributed by atoms with Crippen LogP contribution in [-0.2, 0) is 0 Å². The van der Waals surface area contributed by atoms with E-state index in [-0.39, 0.29) is 0 Å². The molecule has 2 aromatic heterocycles. The maximum atomic E-state index is 9.54. The largest absolute Gasteiger partial charge is 0.454 e. The zero-order valence-corrected chi connectivity index (χ0v) is 15.1. The second-order valence-electron chi connectivity index (χ2n) is 6.67. The molecule has 0 saturated carbocycles. The molecule has 0 amide bonds. The Kier molecular flexibility index (Phi) is 3.47. The van der Waals surface area contributed by atoms with Gasteiger partial charge in [-0.25, -0.2) is 0 Å². The lowest BCUT2D eigenvalue weighted by Crippen LogP contribution is -1.98. The van der Waals surface area contributed by atoms with Gasteiger partial charge in [-0.05, 0) is 24.3 Å². The van der Waals surface area contributed by atoms with Crippen molar-refractivity contribution in [2.45, 2.75) is 0 Å². The van der Waals surface area contributed by atoms with Crippen LogP contribution in [0.15, 0.2) is 96.0 Å². The van der Waals surface area contributed by atoms with Gasteiger partial charge in [0.15, 0.2) is 5.58 Å². The maximum Gasteiger partial charge on any atom is 0.160 e.